The summed E-state index contributed by atoms with van der Waals surface area (Å²) in [6, 6.07) is 11.0. The summed E-state index contributed by atoms with van der Waals surface area (Å²) in [6.07, 6.45) is 12.3. The van der Waals surface area contributed by atoms with Crippen LogP contribution in [0.5, 0.6) is 5.75 Å². The first-order valence-corrected chi connectivity index (χ1v) is 17.9. The largest absolute Gasteiger partial charge is 1.00 e. The zero-order valence-electron chi connectivity index (χ0n) is 30.3. The molecule has 25 heteroatoms. The van der Waals surface area contributed by atoms with Crippen molar-refractivity contribution in [2.24, 2.45) is 10.1 Å². The van der Waals surface area contributed by atoms with Crippen LogP contribution in [-0.2, 0) is 47.2 Å². The van der Waals surface area contributed by atoms with Gasteiger partial charge >= 0.3 is 94.6 Å². The Morgan fingerprint density at radius 3 is 2.12 bits per heavy atom. The first kappa shape index (κ1) is 55.0. The molecule has 5 rings (SSSR count). The van der Waals surface area contributed by atoms with Crippen molar-refractivity contribution in [3.63, 3.8) is 0 Å². The van der Waals surface area contributed by atoms with Gasteiger partial charge in [-0.1, -0.05) is 35.9 Å². The molecule has 2 aliphatic carbocycles. The number of aromatic carboxylic acids is 1. The molecule has 0 radical (unpaired) electrons. The van der Waals surface area contributed by atoms with Gasteiger partial charge in [-0.2, -0.15) is 21.9 Å². The van der Waals surface area contributed by atoms with Gasteiger partial charge in [0.05, 0.1) is 43.2 Å². The van der Waals surface area contributed by atoms with Crippen LogP contribution in [-0.4, -0.2) is 70.5 Å². The number of aromatic hydroxyl groups is 1. The molecule has 18 nitrogen and oxygen atoms in total. The number of hydrazone groups is 1. The number of carbonyl (C=O) groups excluding carboxylic acids is 2. The summed E-state index contributed by atoms with van der Waals surface area (Å²) in [7, 11) is -9.29. The Kier molecular flexibility index (Phi) is 23.0. The number of halogens is 1. The van der Waals surface area contributed by atoms with E-state index < -0.39 is 47.5 Å². The first-order chi connectivity index (χ1) is 25.3. The Bertz CT molecular complexity index is 2550. The number of nitro benzene ring substituents is 1. The molecule has 284 valence electrons. The molecule has 0 unspecified atom stereocenters. The number of benzene rings is 3. The van der Waals surface area contributed by atoms with Crippen LogP contribution < -0.4 is 99.4 Å². The van der Waals surface area contributed by atoms with Crippen molar-refractivity contribution in [3.05, 3.63) is 135 Å². The molecular formula is C33H24ClCrN5Na3O13S2+3. The third kappa shape index (κ3) is 15.5. The number of hydrogen-bond donors (Lipinski definition) is 6. The monoisotopic (exact) mass is 918 g/mol. The Morgan fingerprint density at radius 1 is 0.862 bits per heavy atom. The number of para-hydroxylation sites is 1. The fraction of sp³-hybridized carbons (Fsp3) is 0. The van der Waals surface area contributed by atoms with Crippen LogP contribution in [0.1, 0.15) is 10.4 Å². The van der Waals surface area contributed by atoms with Crippen LogP contribution in [0.15, 0.2) is 134 Å². The maximum Gasteiger partial charge on any atom is 1.00 e. The SMILES string of the molecule is O=C1C=CC(=NNc2cc(S(=O)(=O)O)ccc2Cl)C=C1C=Nc1ccccc1C(=O)O.O=C1C=CC=C/C1=C\Nc1cc([N+](=O)[O-])cc(S(=O)(=O)O)c1O.[Cr].[Na+].[Na+].[Na+]. The number of ketones is 2. The van der Waals surface area contributed by atoms with Gasteiger partial charge in [-0.3, -0.25) is 39.2 Å². The minimum atomic E-state index is -4.87. The molecule has 3 aromatic rings. The molecule has 0 atom stereocenters. The molecule has 6 N–H and O–H groups in total. The van der Waals surface area contributed by atoms with Gasteiger partial charge in [0.2, 0.25) is 0 Å². The Hall–Kier alpha value is -3.05. The second kappa shape index (κ2) is 24.3. The second-order valence-corrected chi connectivity index (χ2v) is 13.8. The average Bonchev–Trinajstić information content (AvgIpc) is 3.10. The molecule has 0 fully saturated rings. The molecular weight excluding hydrogens is 895 g/mol. The van der Waals surface area contributed by atoms with E-state index in [4.69, 9.17) is 20.7 Å². The first-order valence-electron chi connectivity index (χ1n) is 14.6. The quantitative estimate of drug-likeness (QED) is 0.0166. The summed E-state index contributed by atoms with van der Waals surface area (Å²) >= 11 is 6.01. The van der Waals surface area contributed by atoms with Crippen LogP contribution in [0.4, 0.5) is 22.7 Å². The van der Waals surface area contributed by atoms with Crippen LogP contribution in [0.25, 0.3) is 0 Å². The normalized spacial score (nSPS) is 14.5. The Balaban J connectivity index is 0.00000109. The number of nitro groups is 1. The van der Waals surface area contributed by atoms with Crippen LogP contribution in [0.2, 0.25) is 5.02 Å². The van der Waals surface area contributed by atoms with Gasteiger partial charge in [0.25, 0.3) is 25.9 Å². The van der Waals surface area contributed by atoms with Crippen molar-refractivity contribution in [3.8, 4) is 5.75 Å². The molecule has 0 amide bonds. The summed E-state index contributed by atoms with van der Waals surface area (Å²) in [4.78, 5) is 47.6. The smallest absolute Gasteiger partial charge is 0.504 e. The number of rotatable bonds is 10. The zero-order valence-corrected chi connectivity index (χ0v) is 40.0. The van der Waals surface area contributed by atoms with E-state index in [1.54, 1.807) is 18.2 Å². The zero-order chi connectivity index (χ0) is 39.8. The van der Waals surface area contributed by atoms with Crippen LogP contribution >= 0.6 is 11.6 Å². The number of allylic oxidation sites excluding steroid dienone is 9. The number of nitrogens with zero attached hydrogens (tertiary/aromatic N) is 3. The van der Waals surface area contributed by atoms with E-state index in [2.05, 4.69) is 20.8 Å². The van der Waals surface area contributed by atoms with E-state index in [-0.39, 0.29) is 161 Å². The molecule has 0 aromatic heterocycles. The predicted octanol–water partition coefficient (Wildman–Crippen LogP) is -3.93. The molecule has 3 aromatic carbocycles. The Morgan fingerprint density at radius 2 is 1.52 bits per heavy atom. The molecule has 0 saturated carbocycles. The van der Waals surface area contributed by atoms with Gasteiger partial charge in [-0.05, 0) is 60.7 Å². The van der Waals surface area contributed by atoms with Crippen molar-refractivity contribution in [1.29, 1.82) is 0 Å². The van der Waals surface area contributed by atoms with E-state index in [1.165, 1.54) is 60.9 Å². The van der Waals surface area contributed by atoms with E-state index in [1.807, 2.05) is 0 Å². The van der Waals surface area contributed by atoms with E-state index in [0.717, 1.165) is 24.4 Å². The number of hydrogen-bond acceptors (Lipinski definition) is 14. The summed E-state index contributed by atoms with van der Waals surface area (Å²) in [6.45, 7) is 0. The van der Waals surface area contributed by atoms with Crippen molar-refractivity contribution in [2.75, 3.05) is 10.7 Å². The second-order valence-electron chi connectivity index (χ2n) is 10.5. The maximum absolute atomic E-state index is 12.1. The van der Waals surface area contributed by atoms with Crippen molar-refractivity contribution >= 4 is 84.0 Å². The topological polar surface area (TPSA) is 292 Å². The molecule has 0 bridgehead atoms. The van der Waals surface area contributed by atoms with Gasteiger partial charge in [0, 0.05) is 53.1 Å². The van der Waals surface area contributed by atoms with Gasteiger partial charge in [0.1, 0.15) is 4.90 Å². The maximum atomic E-state index is 12.1. The van der Waals surface area contributed by atoms with Gasteiger partial charge in [-0.15, -0.1) is 0 Å². The van der Waals surface area contributed by atoms with Gasteiger partial charge in [-0.25, -0.2) is 4.79 Å². The molecule has 0 saturated heterocycles. The predicted molar refractivity (Wildman–Crippen MR) is 196 cm³/mol. The fourth-order valence-electron chi connectivity index (χ4n) is 4.25. The number of non-ortho nitro benzene ring substituents is 1. The van der Waals surface area contributed by atoms with E-state index in [9.17, 15) is 51.5 Å². The van der Waals surface area contributed by atoms with Crippen molar-refractivity contribution in [1.82, 2.24) is 0 Å². The summed E-state index contributed by atoms with van der Waals surface area (Å²) in [5.74, 6) is -2.76. The third-order valence-corrected chi connectivity index (χ3v) is 8.91. The number of anilines is 2. The summed E-state index contributed by atoms with van der Waals surface area (Å²) in [5.41, 5.74) is 2.49. The standard InChI is InChI=1S/C20H14ClN3O6S.C13H10N2O7S.Cr.3Na/c21-16-7-6-14(31(28,29)30)10-18(16)24-23-13-5-8-19(25)12(9-13)11-22-17-4-2-1-3-15(17)20(26)27;16-11-4-2-1-3-8(11)7-14-10-5-9(15(18)19)6-12(13(10)17)23(20,21)22;;;;/h1-11,24H,(H,26,27)(H,28,29,30);1-7,14,17H,(H,20,21,22);;;;/q;;;3*+1/b;8-7+;;;;. The van der Waals surface area contributed by atoms with Crippen molar-refractivity contribution in [2.45, 2.75) is 9.79 Å². The fourth-order valence-corrected chi connectivity index (χ4v) is 5.54. The number of phenols is 1. The number of carboxylic acid groups (broad SMARTS) is 1. The van der Waals surface area contributed by atoms with Gasteiger partial charge < -0.3 is 15.5 Å². The van der Waals surface area contributed by atoms with Crippen LogP contribution in [0, 0.1) is 10.1 Å². The van der Waals surface area contributed by atoms with Crippen LogP contribution in [0.3, 0.4) is 0 Å². The molecule has 2 aliphatic rings. The molecule has 58 heavy (non-hydrogen) atoms. The molecule has 0 heterocycles. The summed E-state index contributed by atoms with van der Waals surface area (Å²) < 4.78 is 63.1. The molecule has 0 aliphatic heterocycles. The Labute approximate surface area is 412 Å². The van der Waals surface area contributed by atoms with E-state index >= 15 is 0 Å². The summed E-state index contributed by atoms with van der Waals surface area (Å²) in [5, 5.41) is 36.5. The third-order valence-electron chi connectivity index (χ3n) is 6.86. The number of carboxylic acids is 1. The number of aliphatic imine (C=N–C) groups is 1. The number of phenolic OH excluding ortho intramolecular Hbond substituents is 1. The van der Waals surface area contributed by atoms with Gasteiger partial charge in [0.15, 0.2) is 17.3 Å². The molecule has 0 spiro atoms. The number of nitrogens with one attached hydrogen (secondary N) is 2. The number of carbonyl (C=O) groups is 3. The van der Waals surface area contributed by atoms with E-state index in [0.29, 0.717) is 11.8 Å². The average molecular weight is 919 g/mol. The van der Waals surface area contributed by atoms with Crippen molar-refractivity contribution < 1.29 is 161 Å². The minimum Gasteiger partial charge on any atom is -0.504 e. The minimum absolute atomic E-state index is 0.